The lowest BCUT2D eigenvalue weighted by Gasteiger charge is -2.20. The Morgan fingerprint density at radius 1 is 1.11 bits per heavy atom. The number of benzene rings is 2. The van der Waals surface area contributed by atoms with Gasteiger partial charge in [-0.3, -0.25) is 4.31 Å². The third-order valence-electron chi connectivity index (χ3n) is 4.33. The number of rotatable bonds is 7. The Morgan fingerprint density at radius 2 is 1.78 bits per heavy atom. The molecule has 1 N–H and O–H groups in total. The summed E-state index contributed by atoms with van der Waals surface area (Å²) in [6.07, 6.45) is 0.582. The molecule has 2 aromatic carbocycles. The molecule has 1 aromatic heterocycles. The maximum atomic E-state index is 13.2. The summed E-state index contributed by atoms with van der Waals surface area (Å²) in [4.78, 5) is 4.49. The van der Waals surface area contributed by atoms with E-state index in [0.717, 1.165) is 0 Å². The van der Waals surface area contributed by atoms with Crippen molar-refractivity contribution in [1.82, 2.24) is 15.5 Å². The maximum absolute atomic E-state index is 13.2. The first kappa shape index (κ1) is 19.1. The van der Waals surface area contributed by atoms with Gasteiger partial charge in [0, 0.05) is 19.5 Å². The average molecular weight is 386 g/mol. The van der Waals surface area contributed by atoms with E-state index in [1.165, 1.54) is 11.4 Å². The van der Waals surface area contributed by atoms with Gasteiger partial charge in [0.2, 0.25) is 0 Å². The van der Waals surface area contributed by atoms with E-state index in [0.29, 0.717) is 23.5 Å². The van der Waals surface area contributed by atoms with Crippen LogP contribution in [0.3, 0.4) is 0 Å². The highest BCUT2D eigenvalue weighted by Gasteiger charge is 2.27. The van der Waals surface area contributed by atoms with Crippen LogP contribution in [0.15, 0.2) is 64.0 Å². The molecule has 3 aromatic rings. The Morgan fingerprint density at radius 3 is 2.48 bits per heavy atom. The van der Waals surface area contributed by atoms with E-state index in [-0.39, 0.29) is 16.8 Å². The molecule has 0 saturated heterocycles. The van der Waals surface area contributed by atoms with E-state index in [1.54, 1.807) is 48.5 Å². The van der Waals surface area contributed by atoms with Gasteiger partial charge in [-0.2, -0.15) is 4.98 Å². The predicted octanol–water partition coefficient (Wildman–Crippen LogP) is 2.71. The van der Waals surface area contributed by atoms with E-state index in [2.05, 4.69) is 15.5 Å². The van der Waals surface area contributed by atoms with Crippen LogP contribution < -0.4 is 9.62 Å². The Kier molecular flexibility index (Phi) is 5.57. The summed E-state index contributed by atoms with van der Waals surface area (Å²) >= 11 is 0. The number of sulfonamides is 1. The second kappa shape index (κ2) is 7.89. The van der Waals surface area contributed by atoms with Crippen molar-refractivity contribution in [3.63, 3.8) is 0 Å². The van der Waals surface area contributed by atoms with Gasteiger partial charge in [0.15, 0.2) is 5.82 Å². The largest absolute Gasteiger partial charge is 0.334 e. The topological polar surface area (TPSA) is 88.3 Å². The highest BCUT2D eigenvalue weighted by molar-refractivity contribution is 7.93. The standard InChI is InChI=1S/C19H22N4O3S/c1-14(20-2)13-18-21-19(26-22-18)16-11-7-8-12-17(16)27(24,25)23(3)15-9-5-4-6-10-15/h4-12,14,20H,13H2,1-3H3. The Balaban J connectivity index is 1.99. The maximum Gasteiger partial charge on any atom is 0.264 e. The van der Waals surface area contributed by atoms with Crippen molar-refractivity contribution < 1.29 is 12.9 Å². The average Bonchev–Trinajstić information content (AvgIpc) is 3.16. The lowest BCUT2D eigenvalue weighted by Crippen LogP contribution is -2.27. The van der Waals surface area contributed by atoms with E-state index in [1.807, 2.05) is 20.0 Å². The third kappa shape index (κ3) is 4.01. The molecule has 0 saturated carbocycles. The fourth-order valence-electron chi connectivity index (χ4n) is 2.61. The van der Waals surface area contributed by atoms with E-state index in [4.69, 9.17) is 4.52 Å². The van der Waals surface area contributed by atoms with Gasteiger partial charge < -0.3 is 9.84 Å². The van der Waals surface area contributed by atoms with Gasteiger partial charge in [0.1, 0.15) is 4.90 Å². The van der Waals surface area contributed by atoms with Crippen molar-refractivity contribution in [3.8, 4) is 11.5 Å². The molecular weight excluding hydrogens is 364 g/mol. The summed E-state index contributed by atoms with van der Waals surface area (Å²) < 4.78 is 33.0. The zero-order valence-corrected chi connectivity index (χ0v) is 16.3. The first-order chi connectivity index (χ1) is 12.9. The minimum absolute atomic E-state index is 0.119. The second-order valence-corrected chi connectivity index (χ2v) is 8.15. The lowest BCUT2D eigenvalue weighted by molar-refractivity contribution is 0.417. The number of hydrogen-bond donors (Lipinski definition) is 1. The summed E-state index contributed by atoms with van der Waals surface area (Å²) in [6.45, 7) is 2.00. The number of nitrogens with one attached hydrogen (secondary N) is 1. The molecule has 0 fully saturated rings. The quantitative estimate of drug-likeness (QED) is 0.672. The molecule has 0 bridgehead atoms. The fraction of sp³-hybridized carbons (Fsp3) is 0.263. The van der Waals surface area contributed by atoms with Crippen LogP contribution >= 0.6 is 0 Å². The molecule has 0 aliphatic rings. The molecular formula is C19H22N4O3S. The van der Waals surface area contributed by atoms with E-state index in [9.17, 15) is 8.42 Å². The van der Waals surface area contributed by atoms with Crippen LogP contribution in [0.25, 0.3) is 11.5 Å². The number of likely N-dealkylation sites (N-methyl/N-ethyl adjacent to an activating group) is 1. The van der Waals surface area contributed by atoms with E-state index < -0.39 is 10.0 Å². The highest BCUT2D eigenvalue weighted by atomic mass is 32.2. The Bertz CT molecular complexity index is 1000. The molecule has 0 radical (unpaired) electrons. The van der Waals surface area contributed by atoms with E-state index >= 15 is 0 Å². The summed E-state index contributed by atoms with van der Waals surface area (Å²) in [5, 5.41) is 7.08. The van der Waals surface area contributed by atoms with Gasteiger partial charge in [-0.05, 0) is 38.2 Å². The Labute approximate surface area is 159 Å². The molecule has 8 heteroatoms. The van der Waals surface area contributed by atoms with Crippen LogP contribution in [0.1, 0.15) is 12.7 Å². The first-order valence-electron chi connectivity index (χ1n) is 8.56. The van der Waals surface area contributed by atoms with Gasteiger partial charge in [-0.15, -0.1) is 0 Å². The minimum atomic E-state index is -3.80. The molecule has 142 valence electrons. The lowest BCUT2D eigenvalue weighted by atomic mass is 10.2. The molecule has 27 heavy (non-hydrogen) atoms. The fourth-order valence-corrected chi connectivity index (χ4v) is 3.99. The molecule has 0 aliphatic heterocycles. The summed E-state index contributed by atoms with van der Waals surface area (Å²) in [7, 11) is -0.419. The van der Waals surface area contributed by atoms with Crippen molar-refractivity contribution in [2.24, 2.45) is 0 Å². The predicted molar refractivity (Wildman–Crippen MR) is 104 cm³/mol. The van der Waals surface area contributed by atoms with Crippen molar-refractivity contribution in [2.75, 3.05) is 18.4 Å². The number of hydrogen-bond acceptors (Lipinski definition) is 6. The molecule has 1 heterocycles. The van der Waals surface area contributed by atoms with Crippen LogP contribution in [-0.4, -0.2) is 38.7 Å². The molecule has 7 nitrogen and oxygen atoms in total. The van der Waals surface area contributed by atoms with Gasteiger partial charge in [-0.1, -0.05) is 35.5 Å². The van der Waals surface area contributed by atoms with Gasteiger partial charge >= 0.3 is 0 Å². The van der Waals surface area contributed by atoms with Crippen molar-refractivity contribution in [2.45, 2.75) is 24.3 Å². The number of para-hydroxylation sites is 1. The van der Waals surface area contributed by atoms with Crippen molar-refractivity contribution in [3.05, 3.63) is 60.4 Å². The van der Waals surface area contributed by atoms with Gasteiger partial charge in [0.25, 0.3) is 15.9 Å². The number of nitrogens with zero attached hydrogens (tertiary/aromatic N) is 3. The second-order valence-electron chi connectivity index (χ2n) is 6.21. The number of aromatic nitrogens is 2. The minimum Gasteiger partial charge on any atom is -0.334 e. The van der Waals surface area contributed by atoms with Crippen LogP contribution in [0, 0.1) is 0 Å². The molecule has 0 spiro atoms. The van der Waals surface area contributed by atoms with Crippen LogP contribution in [0.2, 0.25) is 0 Å². The zero-order valence-electron chi connectivity index (χ0n) is 15.5. The summed E-state index contributed by atoms with van der Waals surface area (Å²) in [5.41, 5.74) is 0.956. The van der Waals surface area contributed by atoms with Crippen LogP contribution in [-0.2, 0) is 16.4 Å². The highest BCUT2D eigenvalue weighted by Crippen LogP contribution is 2.30. The van der Waals surface area contributed by atoms with Crippen LogP contribution in [0.4, 0.5) is 5.69 Å². The van der Waals surface area contributed by atoms with Crippen molar-refractivity contribution in [1.29, 1.82) is 0 Å². The Hall–Kier alpha value is -2.71. The molecule has 1 unspecified atom stereocenters. The smallest absolute Gasteiger partial charge is 0.264 e. The monoisotopic (exact) mass is 386 g/mol. The molecule has 0 amide bonds. The molecule has 1 atom stereocenters. The van der Waals surface area contributed by atoms with Crippen LogP contribution in [0.5, 0.6) is 0 Å². The van der Waals surface area contributed by atoms with Gasteiger partial charge in [-0.25, -0.2) is 8.42 Å². The normalized spacial score (nSPS) is 12.7. The molecule has 3 rings (SSSR count). The first-order valence-corrected chi connectivity index (χ1v) is 10.0. The third-order valence-corrected chi connectivity index (χ3v) is 6.17. The zero-order chi connectivity index (χ0) is 19.4. The van der Waals surface area contributed by atoms with Crippen molar-refractivity contribution >= 4 is 15.7 Å². The SMILES string of the molecule is CNC(C)Cc1noc(-c2ccccc2S(=O)(=O)N(C)c2ccccc2)n1. The van der Waals surface area contributed by atoms with Gasteiger partial charge in [0.05, 0.1) is 11.3 Å². The summed E-state index contributed by atoms with van der Waals surface area (Å²) in [6, 6.07) is 15.7. The summed E-state index contributed by atoms with van der Waals surface area (Å²) in [5.74, 6) is 0.712. The number of anilines is 1. The molecule has 0 aliphatic carbocycles.